The van der Waals surface area contributed by atoms with Crippen molar-refractivity contribution in [2.75, 3.05) is 59.0 Å². The van der Waals surface area contributed by atoms with Crippen LogP contribution in [0.3, 0.4) is 0 Å². The summed E-state index contributed by atoms with van der Waals surface area (Å²) in [7, 11) is 5.52. The number of amides is 2. The summed E-state index contributed by atoms with van der Waals surface area (Å²) in [5.41, 5.74) is 4.03. The number of anilines is 1. The molecular formula is C40H61N5O6. The minimum absolute atomic E-state index is 0.00636. The average Bonchev–Trinajstić information content (AvgIpc) is 3.74. The number of carbonyl (C=O) groups excluding carboxylic acids is 2. The number of hydroxylamine groups is 2. The monoisotopic (exact) mass is 707 g/mol. The first kappa shape index (κ1) is 39.0. The average molecular weight is 708 g/mol. The van der Waals surface area contributed by atoms with Crippen molar-refractivity contribution in [3.63, 3.8) is 0 Å². The highest BCUT2D eigenvalue weighted by Gasteiger charge is 2.48. The van der Waals surface area contributed by atoms with Crippen LogP contribution in [0.15, 0.2) is 36.4 Å². The molecule has 4 N–H and O–H groups in total. The Morgan fingerprint density at radius 2 is 1.86 bits per heavy atom. The molecule has 7 atom stereocenters. The summed E-state index contributed by atoms with van der Waals surface area (Å²) in [5.74, 6) is 0.366. The molecular weight excluding hydrogens is 646 g/mol. The first-order valence-electron chi connectivity index (χ1n) is 18.8. The Labute approximate surface area is 304 Å². The van der Waals surface area contributed by atoms with Crippen LogP contribution in [0.4, 0.5) is 5.69 Å². The Hall–Kier alpha value is -3.22. The number of nitrogens with zero attached hydrogens (tertiary/aromatic N) is 3. The summed E-state index contributed by atoms with van der Waals surface area (Å²) in [6, 6.07) is 11.2. The van der Waals surface area contributed by atoms with Crippen molar-refractivity contribution in [3.05, 3.63) is 47.5 Å². The van der Waals surface area contributed by atoms with Gasteiger partial charge in [-0.05, 0) is 79.8 Å². The molecule has 0 aromatic heterocycles. The van der Waals surface area contributed by atoms with Crippen molar-refractivity contribution in [1.29, 1.82) is 0 Å². The maximum atomic E-state index is 14.1. The van der Waals surface area contributed by atoms with E-state index in [1.807, 2.05) is 55.4 Å². The van der Waals surface area contributed by atoms with Crippen LogP contribution in [-0.4, -0.2) is 110 Å². The van der Waals surface area contributed by atoms with Crippen LogP contribution in [0.2, 0.25) is 0 Å². The summed E-state index contributed by atoms with van der Waals surface area (Å²) in [4.78, 5) is 38.2. The molecule has 3 fully saturated rings. The van der Waals surface area contributed by atoms with E-state index >= 15 is 0 Å². The van der Waals surface area contributed by atoms with Gasteiger partial charge in [0.25, 0.3) is 5.91 Å². The van der Waals surface area contributed by atoms with Gasteiger partial charge in [-0.2, -0.15) is 5.06 Å². The molecule has 51 heavy (non-hydrogen) atoms. The number of hydrogen-bond donors (Lipinski definition) is 4. The van der Waals surface area contributed by atoms with Crippen molar-refractivity contribution >= 4 is 17.5 Å². The first-order chi connectivity index (χ1) is 24.3. The highest BCUT2D eigenvalue weighted by Crippen LogP contribution is 2.44. The van der Waals surface area contributed by atoms with E-state index in [0.717, 1.165) is 61.2 Å². The van der Waals surface area contributed by atoms with E-state index in [2.05, 4.69) is 50.2 Å². The van der Waals surface area contributed by atoms with Gasteiger partial charge in [-0.1, -0.05) is 52.8 Å². The van der Waals surface area contributed by atoms with Crippen molar-refractivity contribution in [2.45, 2.75) is 91.1 Å². The smallest absolute Gasteiger partial charge is 0.251 e. The SMILES string of the molecule is CCN1CCC[C@@H]1CNC(=O)c1cc(-c2cccc(CN3O[C@@H](CO)C(CO)[C@H]3C(=O)N[C@H]3CCC(C)(C)[C@@H](C)[C@@H]3C)c2OC)cc(N(C)C)c1. The lowest BCUT2D eigenvalue weighted by molar-refractivity contribution is -0.182. The fraction of sp³-hybridized carbons (Fsp3) is 0.650. The van der Waals surface area contributed by atoms with Crippen molar-refractivity contribution < 1.29 is 29.4 Å². The molecule has 5 rings (SSSR count). The van der Waals surface area contributed by atoms with Gasteiger partial charge in [-0.25, -0.2) is 0 Å². The van der Waals surface area contributed by atoms with Crippen molar-refractivity contribution in [3.8, 4) is 16.9 Å². The first-order valence-corrected chi connectivity index (χ1v) is 18.8. The number of para-hydroxylation sites is 1. The van der Waals surface area contributed by atoms with Crippen LogP contribution in [0.1, 0.15) is 76.2 Å². The number of methoxy groups -OCH3 is 1. The van der Waals surface area contributed by atoms with Gasteiger partial charge >= 0.3 is 0 Å². The normalized spacial score (nSPS) is 28.1. The number of benzene rings is 2. The minimum atomic E-state index is -0.811. The zero-order chi connectivity index (χ0) is 37.0. The van der Waals surface area contributed by atoms with Crippen LogP contribution >= 0.6 is 0 Å². The van der Waals surface area contributed by atoms with Gasteiger partial charge in [-0.3, -0.25) is 19.3 Å². The molecule has 1 saturated carbocycles. The topological polar surface area (TPSA) is 127 Å². The van der Waals surface area contributed by atoms with E-state index in [-0.39, 0.29) is 48.9 Å². The largest absolute Gasteiger partial charge is 0.496 e. The van der Waals surface area contributed by atoms with E-state index in [1.165, 1.54) is 0 Å². The van der Waals surface area contributed by atoms with Crippen molar-refractivity contribution in [2.24, 2.45) is 23.2 Å². The van der Waals surface area contributed by atoms with Gasteiger partial charge in [0.2, 0.25) is 5.91 Å². The quantitative estimate of drug-likeness (QED) is 0.241. The highest BCUT2D eigenvalue weighted by atomic mass is 16.7. The zero-order valence-corrected chi connectivity index (χ0v) is 31.9. The number of ether oxygens (including phenoxy) is 1. The Balaban J connectivity index is 1.41. The Morgan fingerprint density at radius 3 is 2.53 bits per heavy atom. The third-order valence-electron chi connectivity index (χ3n) is 12.2. The summed E-state index contributed by atoms with van der Waals surface area (Å²) in [6.07, 6.45) is 3.40. The van der Waals surface area contributed by atoms with Crippen LogP contribution in [0, 0.1) is 23.2 Å². The van der Waals surface area contributed by atoms with Gasteiger partial charge in [0.15, 0.2) is 0 Å². The third-order valence-corrected chi connectivity index (χ3v) is 12.2. The molecule has 2 heterocycles. The van der Waals surface area contributed by atoms with Gasteiger partial charge in [0.05, 0.1) is 26.9 Å². The van der Waals surface area contributed by atoms with Gasteiger partial charge in [0.1, 0.15) is 17.9 Å². The molecule has 2 saturated heterocycles. The lowest BCUT2D eigenvalue weighted by Gasteiger charge is -2.45. The van der Waals surface area contributed by atoms with Crippen LogP contribution in [0.25, 0.3) is 11.1 Å². The van der Waals surface area contributed by atoms with E-state index in [1.54, 1.807) is 12.2 Å². The van der Waals surface area contributed by atoms with E-state index in [0.29, 0.717) is 29.8 Å². The molecule has 2 amide bonds. The third kappa shape index (κ3) is 8.38. The van der Waals surface area contributed by atoms with Crippen molar-refractivity contribution in [1.82, 2.24) is 20.6 Å². The minimum Gasteiger partial charge on any atom is -0.496 e. The molecule has 2 aliphatic heterocycles. The molecule has 1 unspecified atom stereocenters. The maximum absolute atomic E-state index is 14.1. The summed E-state index contributed by atoms with van der Waals surface area (Å²) >= 11 is 0. The second-order valence-corrected chi connectivity index (χ2v) is 15.8. The lowest BCUT2D eigenvalue weighted by atomic mass is 9.63. The number of likely N-dealkylation sites (N-methyl/N-ethyl adjacent to an activating group) is 1. The number of aliphatic hydroxyl groups is 2. The number of nitrogens with one attached hydrogen (secondary N) is 2. The van der Waals surface area contributed by atoms with Gasteiger partial charge in [0, 0.05) is 61.0 Å². The van der Waals surface area contributed by atoms with Crippen LogP contribution in [-0.2, 0) is 16.2 Å². The molecule has 282 valence electrons. The van der Waals surface area contributed by atoms with Gasteiger partial charge < -0.3 is 30.5 Å². The molecule has 1 aliphatic carbocycles. The number of carbonyl (C=O) groups is 2. The molecule has 11 nitrogen and oxygen atoms in total. The number of aliphatic hydroxyl groups excluding tert-OH is 2. The summed E-state index contributed by atoms with van der Waals surface area (Å²) in [5, 5.41) is 28.7. The molecule has 0 bridgehead atoms. The zero-order valence-electron chi connectivity index (χ0n) is 31.9. The van der Waals surface area contributed by atoms with Crippen LogP contribution in [0.5, 0.6) is 5.75 Å². The maximum Gasteiger partial charge on any atom is 0.251 e. The predicted octanol–water partition coefficient (Wildman–Crippen LogP) is 4.30. The van der Waals surface area contributed by atoms with E-state index in [9.17, 15) is 19.8 Å². The summed E-state index contributed by atoms with van der Waals surface area (Å²) < 4.78 is 6.05. The van der Waals surface area contributed by atoms with E-state index < -0.39 is 18.1 Å². The molecule has 2 aromatic rings. The highest BCUT2D eigenvalue weighted by molar-refractivity contribution is 5.97. The fourth-order valence-electron chi connectivity index (χ4n) is 8.49. The standard InChI is InChI=1S/C40H61N5O6/c1-9-44-17-11-13-30(44)21-41-38(48)29-18-28(19-31(20-29)43(6)7)32-14-10-12-27(37(32)50-8)22-45-36(33(23-46)35(24-47)51-45)39(49)42-34-15-16-40(4,5)26(3)25(34)2/h10,12,14,18-20,25-26,30,33-36,46-47H,9,11,13,15-17,21-24H2,1-8H3,(H,41,48)(H,42,49)/t25-,26-,30+,33?,34-,35-,36-/m0/s1. The number of likely N-dealkylation sites (tertiary alicyclic amines) is 1. The number of hydrogen-bond acceptors (Lipinski definition) is 9. The Kier molecular flexibility index (Phi) is 12.7. The summed E-state index contributed by atoms with van der Waals surface area (Å²) in [6.45, 7) is 13.4. The molecule has 0 radical (unpaired) electrons. The fourth-order valence-corrected chi connectivity index (χ4v) is 8.49. The van der Waals surface area contributed by atoms with Gasteiger partial charge in [-0.15, -0.1) is 0 Å². The molecule has 11 heteroatoms. The predicted molar refractivity (Wildman–Crippen MR) is 200 cm³/mol. The Bertz CT molecular complexity index is 1520. The lowest BCUT2D eigenvalue weighted by Crippen LogP contribution is -2.54. The van der Waals surface area contributed by atoms with E-state index in [4.69, 9.17) is 9.57 Å². The molecule has 0 spiro atoms. The second kappa shape index (κ2) is 16.6. The molecule has 2 aromatic carbocycles. The number of rotatable bonds is 13. The van der Waals surface area contributed by atoms with Crippen LogP contribution < -0.4 is 20.3 Å². The second-order valence-electron chi connectivity index (χ2n) is 15.8. The molecule has 3 aliphatic rings. The Morgan fingerprint density at radius 1 is 1.10 bits per heavy atom.